The highest BCUT2D eigenvalue weighted by Crippen LogP contribution is 2.36. The van der Waals surface area contributed by atoms with Crippen LogP contribution in [0.5, 0.6) is 0 Å². The second kappa shape index (κ2) is 6.55. The molecule has 0 spiro atoms. The van der Waals surface area contributed by atoms with Crippen molar-refractivity contribution < 1.29 is 0 Å². The summed E-state index contributed by atoms with van der Waals surface area (Å²) in [5, 5.41) is 5.67. The Labute approximate surface area is 168 Å². The summed E-state index contributed by atoms with van der Waals surface area (Å²) in [7, 11) is 0. The highest BCUT2D eigenvalue weighted by atomic mass is 15.2. The summed E-state index contributed by atoms with van der Waals surface area (Å²) < 4.78 is 1.91. The van der Waals surface area contributed by atoms with Gasteiger partial charge in [0.2, 0.25) is 0 Å². The van der Waals surface area contributed by atoms with Crippen molar-refractivity contribution >= 4 is 16.6 Å². The molecule has 0 amide bonds. The lowest BCUT2D eigenvalue weighted by molar-refractivity contribution is 0.700. The molecule has 5 heterocycles. The molecule has 0 bridgehead atoms. The van der Waals surface area contributed by atoms with Crippen LogP contribution in [0.25, 0.3) is 38.8 Å². The number of H-pyrrole nitrogens is 1. The molecule has 0 aromatic carbocycles. The quantitative estimate of drug-likeness (QED) is 0.444. The van der Waals surface area contributed by atoms with Gasteiger partial charge in [-0.15, -0.1) is 0 Å². The third kappa shape index (κ3) is 2.73. The summed E-state index contributed by atoms with van der Waals surface area (Å²) in [5.41, 5.74) is 7.76. The smallest absolute Gasteiger partial charge is 0.138 e. The van der Waals surface area contributed by atoms with Crippen molar-refractivity contribution in [1.29, 1.82) is 0 Å². The Morgan fingerprint density at radius 2 is 1.90 bits per heavy atom. The number of aromatic nitrogens is 5. The van der Waals surface area contributed by atoms with Gasteiger partial charge in [0.1, 0.15) is 5.65 Å². The van der Waals surface area contributed by atoms with Crippen LogP contribution in [-0.4, -0.2) is 24.6 Å². The van der Waals surface area contributed by atoms with Crippen LogP contribution in [0.4, 0.5) is 0 Å². The molecule has 6 rings (SSSR count). The molecule has 1 aliphatic rings. The molecule has 1 aliphatic carbocycles. The fourth-order valence-corrected chi connectivity index (χ4v) is 4.60. The first-order valence-corrected chi connectivity index (χ1v) is 10.2. The molecule has 0 aliphatic heterocycles. The predicted molar refractivity (Wildman–Crippen MR) is 115 cm³/mol. The van der Waals surface area contributed by atoms with E-state index >= 15 is 0 Å². The number of rotatable bonds is 3. The van der Waals surface area contributed by atoms with Gasteiger partial charge in [0, 0.05) is 58.5 Å². The molecule has 1 fully saturated rings. The Balaban J connectivity index is 1.45. The highest BCUT2D eigenvalue weighted by molar-refractivity contribution is 5.95. The van der Waals surface area contributed by atoms with Crippen LogP contribution < -0.4 is 0 Å². The maximum absolute atomic E-state index is 4.94. The van der Waals surface area contributed by atoms with Gasteiger partial charge >= 0.3 is 0 Å². The molecule has 0 unspecified atom stereocenters. The van der Waals surface area contributed by atoms with Crippen molar-refractivity contribution in [2.75, 3.05) is 0 Å². The number of fused-ring (bicyclic) bond motifs is 2. The van der Waals surface area contributed by atoms with Crippen molar-refractivity contribution in [3.63, 3.8) is 0 Å². The summed E-state index contributed by atoms with van der Waals surface area (Å²) in [4.78, 5) is 12.6. The van der Waals surface area contributed by atoms with Gasteiger partial charge in [0.25, 0.3) is 0 Å². The summed E-state index contributed by atoms with van der Waals surface area (Å²) >= 11 is 0. The summed E-state index contributed by atoms with van der Waals surface area (Å²) in [6, 6.07) is 12.8. The molecule has 0 radical (unpaired) electrons. The van der Waals surface area contributed by atoms with E-state index < -0.39 is 0 Å². The van der Waals surface area contributed by atoms with Gasteiger partial charge in [-0.2, -0.15) is 5.10 Å². The van der Waals surface area contributed by atoms with Gasteiger partial charge in [-0.25, -0.2) is 9.50 Å². The topological polar surface area (TPSA) is 58.9 Å². The van der Waals surface area contributed by atoms with E-state index in [0.29, 0.717) is 5.92 Å². The zero-order valence-corrected chi connectivity index (χ0v) is 16.0. The number of aromatic amines is 1. The normalized spacial score (nSPS) is 14.9. The van der Waals surface area contributed by atoms with Crippen LogP contribution in [0.1, 0.15) is 37.3 Å². The molecule has 5 heteroatoms. The Bertz CT molecular complexity index is 1310. The number of pyridine rings is 3. The third-order valence-electron chi connectivity index (χ3n) is 6.14. The van der Waals surface area contributed by atoms with E-state index in [2.05, 4.69) is 51.6 Å². The Morgan fingerprint density at radius 1 is 0.966 bits per heavy atom. The van der Waals surface area contributed by atoms with Crippen LogP contribution in [0.2, 0.25) is 0 Å². The average Bonchev–Trinajstić information content (AvgIpc) is 3.52. The van der Waals surface area contributed by atoms with E-state index in [0.717, 1.165) is 27.9 Å². The van der Waals surface area contributed by atoms with Crippen LogP contribution >= 0.6 is 0 Å². The van der Waals surface area contributed by atoms with Gasteiger partial charge in [0.15, 0.2) is 0 Å². The summed E-state index contributed by atoms with van der Waals surface area (Å²) in [6.45, 7) is 0. The summed E-state index contributed by atoms with van der Waals surface area (Å²) in [6.07, 6.45) is 14.8. The van der Waals surface area contributed by atoms with Crippen molar-refractivity contribution in [2.24, 2.45) is 0 Å². The monoisotopic (exact) mass is 379 g/mol. The lowest BCUT2D eigenvalue weighted by atomic mass is 10.0. The first-order chi connectivity index (χ1) is 14.4. The molecule has 5 aromatic rings. The molecule has 0 atom stereocenters. The van der Waals surface area contributed by atoms with Crippen LogP contribution in [-0.2, 0) is 0 Å². The molecular weight excluding hydrogens is 358 g/mol. The number of hydrogen-bond acceptors (Lipinski definition) is 3. The Hall–Kier alpha value is -3.47. The Morgan fingerprint density at radius 3 is 2.76 bits per heavy atom. The van der Waals surface area contributed by atoms with Crippen LogP contribution in [0.3, 0.4) is 0 Å². The second-order valence-corrected chi connectivity index (χ2v) is 7.86. The predicted octanol–water partition coefficient (Wildman–Crippen LogP) is 5.60. The van der Waals surface area contributed by atoms with E-state index in [-0.39, 0.29) is 0 Å². The average molecular weight is 379 g/mol. The minimum atomic E-state index is 0.622. The first-order valence-electron chi connectivity index (χ1n) is 10.2. The van der Waals surface area contributed by atoms with E-state index in [1.54, 1.807) is 6.20 Å². The SMILES string of the molecule is c1cncc(-c2cnn3ccc(-c4c[nH]c5nc(C6CCCC6)ccc45)cc23)c1. The molecule has 5 aromatic heterocycles. The minimum absolute atomic E-state index is 0.622. The number of hydrogen-bond donors (Lipinski definition) is 1. The molecule has 1 N–H and O–H groups in total. The van der Waals surface area contributed by atoms with E-state index in [1.165, 1.54) is 42.3 Å². The first kappa shape index (κ1) is 16.5. The van der Waals surface area contributed by atoms with Gasteiger partial charge in [-0.05, 0) is 48.7 Å². The fourth-order valence-electron chi connectivity index (χ4n) is 4.60. The number of nitrogens with one attached hydrogen (secondary N) is 1. The van der Waals surface area contributed by atoms with Gasteiger partial charge in [-0.3, -0.25) is 4.98 Å². The minimum Gasteiger partial charge on any atom is -0.346 e. The summed E-state index contributed by atoms with van der Waals surface area (Å²) in [5.74, 6) is 0.622. The van der Waals surface area contributed by atoms with Gasteiger partial charge in [-0.1, -0.05) is 18.9 Å². The van der Waals surface area contributed by atoms with Crippen molar-refractivity contribution in [3.05, 3.63) is 73.1 Å². The zero-order chi connectivity index (χ0) is 19.2. The molecule has 1 saturated carbocycles. The molecule has 5 nitrogen and oxygen atoms in total. The van der Waals surface area contributed by atoms with Crippen LogP contribution in [0, 0.1) is 0 Å². The second-order valence-electron chi connectivity index (χ2n) is 7.86. The van der Waals surface area contributed by atoms with Crippen molar-refractivity contribution in [1.82, 2.24) is 24.6 Å². The maximum atomic E-state index is 4.94. The Kier molecular flexibility index (Phi) is 3.72. The molecular formula is C24H21N5. The van der Waals surface area contributed by atoms with Crippen molar-refractivity contribution in [3.8, 4) is 22.3 Å². The zero-order valence-electron chi connectivity index (χ0n) is 16.0. The fraction of sp³-hybridized carbons (Fsp3) is 0.208. The van der Waals surface area contributed by atoms with E-state index in [1.807, 2.05) is 29.2 Å². The highest BCUT2D eigenvalue weighted by Gasteiger charge is 2.19. The van der Waals surface area contributed by atoms with E-state index in [4.69, 9.17) is 4.98 Å². The third-order valence-corrected chi connectivity index (χ3v) is 6.14. The number of nitrogens with zero attached hydrogens (tertiary/aromatic N) is 4. The van der Waals surface area contributed by atoms with Gasteiger partial charge < -0.3 is 4.98 Å². The molecule has 142 valence electrons. The standard InChI is InChI=1S/C24H21N5/c1-2-5-16(4-1)22-8-7-19-20(14-26-24(19)28-22)17-9-11-29-23(12-17)21(15-27-29)18-6-3-10-25-13-18/h3,6-16H,1-2,4-5H2,(H,26,28). The maximum Gasteiger partial charge on any atom is 0.138 e. The molecule has 29 heavy (non-hydrogen) atoms. The van der Waals surface area contributed by atoms with E-state index in [9.17, 15) is 0 Å². The lowest BCUT2D eigenvalue weighted by Gasteiger charge is -2.08. The largest absolute Gasteiger partial charge is 0.346 e. The lowest BCUT2D eigenvalue weighted by Crippen LogP contribution is -1.96. The van der Waals surface area contributed by atoms with Crippen molar-refractivity contribution in [2.45, 2.75) is 31.6 Å². The van der Waals surface area contributed by atoms with Crippen LogP contribution in [0.15, 0.2) is 67.4 Å². The van der Waals surface area contributed by atoms with Gasteiger partial charge in [0.05, 0.1) is 11.7 Å². The molecule has 0 saturated heterocycles.